The van der Waals surface area contributed by atoms with Gasteiger partial charge in [-0.25, -0.2) is 0 Å². The molecule has 0 atom stereocenters. The van der Waals surface area contributed by atoms with Crippen LogP contribution in [0.3, 0.4) is 0 Å². The quantitative estimate of drug-likeness (QED) is 0.0642. The Morgan fingerprint density at radius 2 is 1.30 bits per heavy atom. The number of fused-ring (bicyclic) bond motifs is 1. The van der Waals surface area contributed by atoms with E-state index in [-0.39, 0.29) is 11.2 Å². The molecule has 5 aromatic rings. The Morgan fingerprint density at radius 1 is 0.640 bits per heavy atom. The Labute approximate surface area is 296 Å². The summed E-state index contributed by atoms with van der Waals surface area (Å²) in [6, 6.07) is 31.2. The Kier molecular flexibility index (Phi) is 14.4. The lowest BCUT2D eigenvalue weighted by Crippen LogP contribution is -2.08. The van der Waals surface area contributed by atoms with Crippen molar-refractivity contribution in [3.05, 3.63) is 124 Å². The molecule has 6 heteroatoms. The fourth-order valence-corrected chi connectivity index (χ4v) is 5.88. The number of rotatable bonds is 19. The van der Waals surface area contributed by atoms with E-state index in [1.54, 1.807) is 25.3 Å². The number of hydrogen-bond acceptors (Lipinski definition) is 6. The van der Waals surface area contributed by atoms with Gasteiger partial charge in [-0.3, -0.25) is 4.79 Å². The molecule has 0 aliphatic heterocycles. The predicted octanol–water partition coefficient (Wildman–Crippen LogP) is 10.5. The van der Waals surface area contributed by atoms with E-state index in [0.29, 0.717) is 47.0 Å². The van der Waals surface area contributed by atoms with Gasteiger partial charge in [-0.15, -0.1) is 0 Å². The molecule has 0 fully saturated rings. The van der Waals surface area contributed by atoms with Crippen LogP contribution in [0.2, 0.25) is 0 Å². The van der Waals surface area contributed by atoms with Gasteiger partial charge in [0.15, 0.2) is 17.3 Å². The zero-order valence-electron chi connectivity index (χ0n) is 29.4. The average Bonchev–Trinajstić information content (AvgIpc) is 3.16. The van der Waals surface area contributed by atoms with Crippen LogP contribution in [0, 0.1) is 11.8 Å². The van der Waals surface area contributed by atoms with Crippen LogP contribution < -0.4 is 19.6 Å². The van der Waals surface area contributed by atoms with E-state index in [1.807, 2.05) is 54.6 Å². The first-order valence-electron chi connectivity index (χ1n) is 17.8. The SMILES string of the molecule is COc1cc(-c2oc3ccc(C#CCCCCCCCCCCCOCc4ccccc4)cc3c(=O)c2OC)ccc1OCc1ccccc1. The third kappa shape index (κ3) is 10.8. The van der Waals surface area contributed by atoms with E-state index in [0.717, 1.165) is 37.0 Å². The van der Waals surface area contributed by atoms with Crippen molar-refractivity contribution in [1.82, 2.24) is 0 Å². The van der Waals surface area contributed by atoms with Gasteiger partial charge in [0.05, 0.1) is 26.2 Å². The number of benzene rings is 4. The van der Waals surface area contributed by atoms with Gasteiger partial charge in [-0.05, 0) is 60.4 Å². The normalized spacial score (nSPS) is 10.8. The maximum atomic E-state index is 13.5. The van der Waals surface area contributed by atoms with Crippen molar-refractivity contribution in [3.63, 3.8) is 0 Å². The second-order valence-corrected chi connectivity index (χ2v) is 12.4. The topological polar surface area (TPSA) is 67.1 Å². The van der Waals surface area contributed by atoms with E-state index in [4.69, 9.17) is 23.4 Å². The molecule has 5 rings (SSSR count). The van der Waals surface area contributed by atoms with Gasteiger partial charge in [0.25, 0.3) is 0 Å². The minimum Gasteiger partial charge on any atom is -0.493 e. The van der Waals surface area contributed by atoms with Crippen LogP contribution in [0.15, 0.2) is 106 Å². The van der Waals surface area contributed by atoms with Gasteiger partial charge < -0.3 is 23.4 Å². The minimum atomic E-state index is -0.243. The molecule has 0 amide bonds. The molecule has 0 radical (unpaired) electrons. The number of ether oxygens (including phenoxy) is 4. The average molecular weight is 673 g/mol. The summed E-state index contributed by atoms with van der Waals surface area (Å²) < 4.78 is 29.2. The van der Waals surface area contributed by atoms with E-state index < -0.39 is 0 Å². The second kappa shape index (κ2) is 19.9. The van der Waals surface area contributed by atoms with Gasteiger partial charge in [0.1, 0.15) is 12.2 Å². The van der Waals surface area contributed by atoms with Crippen molar-refractivity contribution in [2.75, 3.05) is 20.8 Å². The smallest absolute Gasteiger partial charge is 0.235 e. The molecule has 0 saturated carbocycles. The van der Waals surface area contributed by atoms with Crippen LogP contribution in [0.4, 0.5) is 0 Å². The fourth-order valence-electron chi connectivity index (χ4n) is 5.88. The molecule has 0 N–H and O–H groups in total. The molecular formula is C44H48O6. The molecule has 0 aliphatic rings. The van der Waals surface area contributed by atoms with Crippen molar-refractivity contribution in [1.29, 1.82) is 0 Å². The standard InChI is InChI=1S/C44H48O6/c1-46-41-31-37(26-28-40(41)49-33-36-23-17-13-18-24-36)43-44(47-2)42(45)38-30-34(25-27-39(38)50-43)20-14-10-8-6-4-3-5-7-9-11-19-29-48-32-35-21-15-12-16-22-35/h12-13,15-18,21-28,30-31H,3-11,19,29,32-33H2,1-2H3. The largest absolute Gasteiger partial charge is 0.493 e. The van der Waals surface area contributed by atoms with Crippen molar-refractivity contribution in [2.24, 2.45) is 0 Å². The molecule has 6 nitrogen and oxygen atoms in total. The summed E-state index contributed by atoms with van der Waals surface area (Å²) >= 11 is 0. The molecule has 0 saturated heterocycles. The highest BCUT2D eigenvalue weighted by atomic mass is 16.5. The van der Waals surface area contributed by atoms with Gasteiger partial charge >= 0.3 is 0 Å². The summed E-state index contributed by atoms with van der Waals surface area (Å²) in [4.78, 5) is 13.5. The lowest BCUT2D eigenvalue weighted by Gasteiger charge is -2.14. The zero-order valence-corrected chi connectivity index (χ0v) is 29.4. The lowest BCUT2D eigenvalue weighted by atomic mass is 10.1. The molecule has 1 aromatic heterocycles. The maximum Gasteiger partial charge on any atom is 0.235 e. The first-order chi connectivity index (χ1) is 24.7. The molecule has 0 unspecified atom stereocenters. The van der Waals surface area contributed by atoms with Crippen LogP contribution in [0.1, 0.15) is 80.9 Å². The highest BCUT2D eigenvalue weighted by Crippen LogP contribution is 2.37. The van der Waals surface area contributed by atoms with Crippen LogP contribution in [0.25, 0.3) is 22.3 Å². The number of hydrogen-bond donors (Lipinski definition) is 0. The minimum absolute atomic E-state index is 0.135. The van der Waals surface area contributed by atoms with Crippen LogP contribution in [0.5, 0.6) is 17.2 Å². The Morgan fingerprint density at radius 3 is 1.98 bits per heavy atom. The maximum absolute atomic E-state index is 13.5. The summed E-state index contributed by atoms with van der Waals surface area (Å²) in [6.07, 6.45) is 11.9. The van der Waals surface area contributed by atoms with E-state index in [2.05, 4.69) is 36.1 Å². The summed E-state index contributed by atoms with van der Waals surface area (Å²) in [5.41, 5.74) is 3.95. The first-order valence-corrected chi connectivity index (χ1v) is 17.8. The van der Waals surface area contributed by atoms with E-state index >= 15 is 0 Å². The lowest BCUT2D eigenvalue weighted by molar-refractivity contribution is 0.116. The second-order valence-electron chi connectivity index (χ2n) is 12.4. The van der Waals surface area contributed by atoms with Crippen molar-refractivity contribution < 1.29 is 23.4 Å². The third-order valence-electron chi connectivity index (χ3n) is 8.65. The Bertz CT molecular complexity index is 1890. The van der Waals surface area contributed by atoms with Crippen molar-refractivity contribution >= 4 is 11.0 Å². The summed E-state index contributed by atoms with van der Waals surface area (Å²) in [6.45, 7) is 1.96. The highest BCUT2D eigenvalue weighted by Gasteiger charge is 2.19. The van der Waals surface area contributed by atoms with Crippen LogP contribution in [-0.4, -0.2) is 20.8 Å². The van der Waals surface area contributed by atoms with Crippen LogP contribution in [-0.2, 0) is 18.0 Å². The van der Waals surface area contributed by atoms with Gasteiger partial charge in [-0.2, -0.15) is 0 Å². The molecule has 1 heterocycles. The molecule has 0 aliphatic carbocycles. The fraction of sp³-hybridized carbons (Fsp3) is 0.341. The Hall–Kier alpha value is -4.99. The predicted molar refractivity (Wildman–Crippen MR) is 201 cm³/mol. The summed E-state index contributed by atoms with van der Waals surface area (Å²) in [5, 5.41) is 0.437. The third-order valence-corrected chi connectivity index (χ3v) is 8.65. The van der Waals surface area contributed by atoms with Crippen molar-refractivity contribution in [3.8, 4) is 40.4 Å². The van der Waals surface area contributed by atoms with Gasteiger partial charge in [-0.1, -0.05) is 117 Å². The zero-order chi connectivity index (χ0) is 34.8. The van der Waals surface area contributed by atoms with Gasteiger partial charge in [0.2, 0.25) is 11.2 Å². The van der Waals surface area contributed by atoms with E-state index in [9.17, 15) is 4.79 Å². The molecule has 0 bridgehead atoms. The molecule has 0 spiro atoms. The molecular weight excluding hydrogens is 624 g/mol. The van der Waals surface area contributed by atoms with Gasteiger partial charge in [0, 0.05) is 24.2 Å². The molecule has 50 heavy (non-hydrogen) atoms. The monoisotopic (exact) mass is 672 g/mol. The Balaban J connectivity index is 1.05. The molecule has 260 valence electrons. The number of methoxy groups -OCH3 is 2. The summed E-state index contributed by atoms with van der Waals surface area (Å²) in [5.74, 6) is 8.10. The molecule has 4 aromatic carbocycles. The van der Waals surface area contributed by atoms with Crippen LogP contribution >= 0.6 is 0 Å². The van der Waals surface area contributed by atoms with E-state index in [1.165, 1.54) is 57.6 Å². The first kappa shape index (κ1) is 36.3. The highest BCUT2D eigenvalue weighted by molar-refractivity contribution is 5.83. The van der Waals surface area contributed by atoms with Crippen molar-refractivity contribution in [2.45, 2.75) is 77.4 Å². The number of unbranched alkanes of at least 4 members (excludes halogenated alkanes) is 9. The summed E-state index contributed by atoms with van der Waals surface area (Å²) in [7, 11) is 3.06.